The first kappa shape index (κ1) is 24.0. The van der Waals surface area contributed by atoms with Gasteiger partial charge in [-0.05, 0) is 75.2 Å². The Morgan fingerprint density at radius 3 is 2.02 bits per heavy atom. The Kier molecular flexibility index (Phi) is 4.57. The fourth-order valence-corrected chi connectivity index (χ4v) is 7.31. The van der Waals surface area contributed by atoms with Crippen LogP contribution in [0, 0.1) is 6.92 Å². The van der Waals surface area contributed by atoms with Crippen LogP contribution in [0.15, 0.2) is 95.7 Å². The minimum Gasteiger partial charge on any atom is -0.294 e. The number of aryl methyl sites for hydroxylation is 1. The fourth-order valence-electron chi connectivity index (χ4n) is 7.31. The van der Waals surface area contributed by atoms with E-state index in [1.54, 1.807) is 16.6 Å². The summed E-state index contributed by atoms with van der Waals surface area (Å²) >= 11 is 0. The quantitative estimate of drug-likeness (QED) is 0.162. The van der Waals surface area contributed by atoms with E-state index in [4.69, 9.17) is 9.98 Å². The molecule has 0 N–H and O–H groups in total. The van der Waals surface area contributed by atoms with Gasteiger partial charge in [0, 0.05) is 32.7 Å². The molecule has 43 heavy (non-hydrogen) atoms. The van der Waals surface area contributed by atoms with Crippen molar-refractivity contribution in [1.29, 1.82) is 0 Å². The van der Waals surface area contributed by atoms with Crippen LogP contribution in [0.2, 0.25) is 0 Å². The van der Waals surface area contributed by atoms with Crippen molar-refractivity contribution in [1.82, 2.24) is 9.38 Å². The molecule has 0 bridgehead atoms. The maximum Gasteiger partial charge on any atom is 0.264 e. The van der Waals surface area contributed by atoms with E-state index in [2.05, 4.69) is 43.5 Å². The number of imidazole rings is 1. The summed E-state index contributed by atoms with van der Waals surface area (Å²) in [4.78, 5) is 37.3. The standard InChI is InChI=1S/C38H23N3O2/c1-4-28-31(5-2)41-37(40-28)26-16-12-22-20-10-14-24-30(39-29-9-7-6-8-19(29)3)18-32(42)25-15-11-21(33(20)35(24)25)23-13-17-27(38(41)43)36(26)34(22)23/h4-17H,1-2,18H2,3H3. The van der Waals surface area contributed by atoms with E-state index in [-0.39, 0.29) is 17.8 Å². The molecule has 0 amide bonds. The predicted octanol–water partition coefficient (Wildman–Crippen LogP) is 8.64. The van der Waals surface area contributed by atoms with Gasteiger partial charge in [0.05, 0.1) is 29.2 Å². The number of nitrogens with zero attached hydrogens (tertiary/aromatic N) is 3. The van der Waals surface area contributed by atoms with Crippen LogP contribution < -0.4 is 5.56 Å². The van der Waals surface area contributed by atoms with Crippen molar-refractivity contribution < 1.29 is 4.79 Å². The molecule has 2 heterocycles. The van der Waals surface area contributed by atoms with Crippen LogP contribution in [0.3, 0.4) is 0 Å². The number of carbonyl (C=O) groups excluding carboxylic acids is 1. The van der Waals surface area contributed by atoms with Crippen molar-refractivity contribution in [3.05, 3.63) is 124 Å². The summed E-state index contributed by atoms with van der Waals surface area (Å²) in [7, 11) is 0. The second kappa shape index (κ2) is 8.20. The first-order chi connectivity index (χ1) is 21.0. The molecular weight excluding hydrogens is 530 g/mol. The normalized spacial score (nSPS) is 14.4. The van der Waals surface area contributed by atoms with Gasteiger partial charge in [0.25, 0.3) is 5.56 Å². The summed E-state index contributed by atoms with van der Waals surface area (Å²) < 4.78 is 1.65. The van der Waals surface area contributed by atoms with Gasteiger partial charge in [-0.3, -0.25) is 19.0 Å². The van der Waals surface area contributed by atoms with Crippen LogP contribution in [-0.4, -0.2) is 20.9 Å². The maximum absolute atomic E-state index is 13.9. The third-order valence-corrected chi connectivity index (χ3v) is 9.21. The summed E-state index contributed by atoms with van der Waals surface area (Å²) in [5.41, 5.74) is 6.23. The van der Waals surface area contributed by atoms with Crippen LogP contribution in [-0.2, 0) is 0 Å². The third-order valence-electron chi connectivity index (χ3n) is 9.21. The molecule has 6 aromatic carbocycles. The van der Waals surface area contributed by atoms with Gasteiger partial charge in [-0.2, -0.15) is 0 Å². The van der Waals surface area contributed by atoms with Gasteiger partial charge in [0.1, 0.15) is 5.65 Å². The summed E-state index contributed by atoms with van der Waals surface area (Å²) in [5, 5.41) is 9.68. The lowest BCUT2D eigenvalue weighted by Gasteiger charge is -2.23. The number of ketones is 1. The molecule has 0 saturated heterocycles. The minimum absolute atomic E-state index is 0.0769. The van der Waals surface area contributed by atoms with Gasteiger partial charge in [-0.15, -0.1) is 0 Å². The molecule has 5 nitrogen and oxygen atoms in total. The van der Waals surface area contributed by atoms with Crippen LogP contribution >= 0.6 is 0 Å². The lowest BCUT2D eigenvalue weighted by Crippen LogP contribution is -2.17. The Bertz CT molecular complexity index is 2650. The van der Waals surface area contributed by atoms with Gasteiger partial charge >= 0.3 is 0 Å². The number of hydrogen-bond donors (Lipinski definition) is 0. The fraction of sp³-hybridized carbons (Fsp3) is 0.0526. The Balaban J connectivity index is 1.45. The number of fused-ring (bicyclic) bond motifs is 4. The summed E-state index contributed by atoms with van der Waals surface area (Å²) in [6.07, 6.45) is 3.59. The number of carbonyl (C=O) groups is 1. The maximum atomic E-state index is 13.9. The molecule has 202 valence electrons. The minimum atomic E-state index is -0.125. The number of para-hydroxylation sites is 1. The molecule has 0 radical (unpaired) electrons. The number of benzene rings is 6. The van der Waals surface area contributed by atoms with Gasteiger partial charge in [-0.1, -0.05) is 67.8 Å². The zero-order valence-corrected chi connectivity index (χ0v) is 23.4. The zero-order valence-electron chi connectivity index (χ0n) is 23.4. The molecule has 0 spiro atoms. The first-order valence-corrected chi connectivity index (χ1v) is 14.3. The van der Waals surface area contributed by atoms with E-state index in [1.807, 2.05) is 49.4 Å². The number of Topliss-reactive ketones (excluding diaryl/α,β-unsaturated/α-hetero) is 1. The Hall–Kier alpha value is -5.68. The van der Waals surface area contributed by atoms with Gasteiger partial charge < -0.3 is 0 Å². The highest BCUT2D eigenvalue weighted by molar-refractivity contribution is 6.41. The van der Waals surface area contributed by atoms with Gasteiger partial charge in [-0.25, -0.2) is 4.98 Å². The van der Waals surface area contributed by atoms with Crippen molar-refractivity contribution in [3.8, 4) is 0 Å². The van der Waals surface area contributed by atoms with E-state index in [9.17, 15) is 9.59 Å². The Morgan fingerprint density at radius 1 is 0.721 bits per heavy atom. The van der Waals surface area contributed by atoms with E-state index in [1.165, 1.54) is 0 Å². The highest BCUT2D eigenvalue weighted by Gasteiger charge is 2.28. The number of rotatable bonds is 3. The van der Waals surface area contributed by atoms with Crippen molar-refractivity contribution in [2.75, 3.05) is 0 Å². The van der Waals surface area contributed by atoms with Gasteiger partial charge in [0.15, 0.2) is 5.78 Å². The van der Waals surface area contributed by atoms with E-state index < -0.39 is 0 Å². The summed E-state index contributed by atoms with van der Waals surface area (Å²) in [6.45, 7) is 9.87. The van der Waals surface area contributed by atoms with E-state index >= 15 is 0 Å². The zero-order chi connectivity index (χ0) is 29.1. The smallest absolute Gasteiger partial charge is 0.264 e. The summed E-state index contributed by atoms with van der Waals surface area (Å²) in [5.74, 6) is 0.0769. The number of pyridine rings is 1. The molecule has 2 aromatic heterocycles. The molecule has 0 aliphatic heterocycles. The molecule has 5 heteroatoms. The lowest BCUT2D eigenvalue weighted by molar-refractivity contribution is 0.100. The van der Waals surface area contributed by atoms with E-state index in [0.717, 1.165) is 76.6 Å². The third kappa shape index (κ3) is 2.91. The summed E-state index contributed by atoms with van der Waals surface area (Å²) in [6, 6.07) is 24.5. The molecule has 8 aromatic rings. The molecule has 1 aliphatic carbocycles. The van der Waals surface area contributed by atoms with Crippen LogP contribution in [0.25, 0.3) is 71.7 Å². The van der Waals surface area contributed by atoms with Crippen molar-refractivity contribution in [2.24, 2.45) is 4.99 Å². The SMILES string of the molecule is C=Cc1nc2c3ccc4c5ccc6c7c(ccc(c8ccc(c(=O)n2c1C=C)c3c84)c75)C(=O)CC6=Nc1ccccc1C. The monoisotopic (exact) mass is 553 g/mol. The Morgan fingerprint density at radius 2 is 1.33 bits per heavy atom. The molecular formula is C38H23N3O2. The average molecular weight is 554 g/mol. The largest absolute Gasteiger partial charge is 0.294 e. The molecule has 1 aliphatic rings. The lowest BCUT2D eigenvalue weighted by atomic mass is 9.80. The van der Waals surface area contributed by atoms with E-state index in [0.29, 0.717) is 22.4 Å². The second-order valence-electron chi connectivity index (χ2n) is 11.3. The van der Waals surface area contributed by atoms with Crippen LogP contribution in [0.4, 0.5) is 5.69 Å². The average Bonchev–Trinajstić information content (AvgIpc) is 3.42. The van der Waals surface area contributed by atoms with Crippen molar-refractivity contribution in [2.45, 2.75) is 13.3 Å². The molecule has 0 unspecified atom stereocenters. The molecule has 0 saturated carbocycles. The van der Waals surface area contributed by atoms with Gasteiger partial charge in [0.2, 0.25) is 0 Å². The van der Waals surface area contributed by atoms with Crippen molar-refractivity contribution >= 4 is 88.8 Å². The predicted molar refractivity (Wildman–Crippen MR) is 178 cm³/mol. The number of aliphatic imine (C=N–C) groups is 1. The number of hydrogen-bond acceptors (Lipinski definition) is 4. The highest BCUT2D eigenvalue weighted by Crippen LogP contribution is 2.46. The highest BCUT2D eigenvalue weighted by atomic mass is 16.1. The van der Waals surface area contributed by atoms with Crippen LogP contribution in [0.5, 0.6) is 0 Å². The number of aromatic nitrogens is 2. The van der Waals surface area contributed by atoms with Crippen LogP contribution in [0.1, 0.15) is 39.3 Å². The van der Waals surface area contributed by atoms with Crippen molar-refractivity contribution in [3.63, 3.8) is 0 Å². The molecule has 9 rings (SSSR count). The first-order valence-electron chi connectivity index (χ1n) is 14.3. The second-order valence-corrected chi connectivity index (χ2v) is 11.3. The Labute approximate surface area is 245 Å². The molecule has 0 atom stereocenters. The topological polar surface area (TPSA) is 63.8 Å². The molecule has 0 fully saturated rings.